The van der Waals surface area contributed by atoms with Gasteiger partial charge in [-0.3, -0.25) is 0 Å². The maximum atomic E-state index is 2.24. The SMILES string of the molecule is CN(C)c1cc[n+](CCC[n+]2ccc(N(C)C)cc2)cc1. The summed E-state index contributed by atoms with van der Waals surface area (Å²) >= 11 is 0. The van der Waals surface area contributed by atoms with E-state index in [4.69, 9.17) is 0 Å². The molecule has 2 aromatic heterocycles. The summed E-state index contributed by atoms with van der Waals surface area (Å²) in [4.78, 5) is 4.24. The number of pyridine rings is 2. The van der Waals surface area contributed by atoms with Crippen LogP contribution in [0.3, 0.4) is 0 Å². The molecule has 0 aromatic carbocycles. The van der Waals surface area contributed by atoms with E-state index in [1.807, 2.05) is 0 Å². The summed E-state index contributed by atoms with van der Waals surface area (Å²) in [6, 6.07) is 8.61. The Hall–Kier alpha value is -2.10. The molecular formula is C17H26N4+2. The van der Waals surface area contributed by atoms with Crippen molar-refractivity contribution in [2.24, 2.45) is 0 Å². The van der Waals surface area contributed by atoms with Gasteiger partial charge < -0.3 is 9.80 Å². The van der Waals surface area contributed by atoms with Gasteiger partial charge in [-0.25, -0.2) is 9.13 Å². The van der Waals surface area contributed by atoms with Crippen molar-refractivity contribution in [3.8, 4) is 0 Å². The minimum atomic E-state index is 1.04. The quantitative estimate of drug-likeness (QED) is 0.747. The standard InChI is InChI=1S/C17H26N4/c1-18(2)16-6-12-20(13-7-16)10-5-11-21-14-8-17(9-15-21)19(3)4/h6-9,12-15H,5,10-11H2,1-4H3/q+2. The lowest BCUT2D eigenvalue weighted by atomic mass is 10.3. The first kappa shape index (κ1) is 15.3. The smallest absolute Gasteiger partial charge is 0.170 e. The third kappa shape index (κ3) is 4.45. The maximum Gasteiger partial charge on any atom is 0.170 e. The van der Waals surface area contributed by atoms with E-state index in [0.717, 1.165) is 19.5 Å². The predicted octanol–water partition coefficient (Wildman–Crippen LogP) is 1.48. The number of aryl methyl sites for hydroxylation is 2. The molecule has 0 radical (unpaired) electrons. The van der Waals surface area contributed by atoms with E-state index in [9.17, 15) is 0 Å². The van der Waals surface area contributed by atoms with Crippen molar-refractivity contribution in [1.82, 2.24) is 0 Å². The lowest BCUT2D eigenvalue weighted by Gasteiger charge is -2.10. The first-order valence-corrected chi connectivity index (χ1v) is 7.39. The summed E-state index contributed by atoms with van der Waals surface area (Å²) in [6.07, 6.45) is 9.71. The second-order valence-corrected chi connectivity index (χ2v) is 5.73. The van der Waals surface area contributed by atoms with Crippen LogP contribution in [-0.4, -0.2) is 28.2 Å². The van der Waals surface area contributed by atoms with Crippen molar-refractivity contribution < 1.29 is 9.13 Å². The Kier molecular flexibility index (Phi) is 5.14. The highest BCUT2D eigenvalue weighted by atomic mass is 15.1. The summed E-state index contributed by atoms with van der Waals surface area (Å²) in [5.74, 6) is 0. The van der Waals surface area contributed by atoms with E-state index in [1.54, 1.807) is 0 Å². The molecule has 4 nitrogen and oxygen atoms in total. The lowest BCUT2D eigenvalue weighted by molar-refractivity contribution is -0.726. The van der Waals surface area contributed by atoms with Gasteiger partial charge in [-0.15, -0.1) is 0 Å². The molecule has 2 heterocycles. The third-order valence-corrected chi connectivity index (χ3v) is 3.61. The highest BCUT2D eigenvalue weighted by molar-refractivity contribution is 5.41. The second kappa shape index (κ2) is 7.07. The minimum Gasteiger partial charge on any atom is -0.377 e. The zero-order valence-electron chi connectivity index (χ0n) is 13.5. The second-order valence-electron chi connectivity index (χ2n) is 5.73. The number of hydrogen-bond acceptors (Lipinski definition) is 2. The minimum absolute atomic E-state index is 1.04. The molecule has 0 saturated carbocycles. The van der Waals surface area contributed by atoms with E-state index in [2.05, 4.69) is 96.2 Å². The van der Waals surface area contributed by atoms with Gasteiger partial charge in [0.1, 0.15) is 0 Å². The molecule has 0 aliphatic rings. The molecule has 0 atom stereocenters. The molecule has 4 heteroatoms. The maximum absolute atomic E-state index is 2.24. The van der Waals surface area contributed by atoms with Crippen LogP contribution in [0.5, 0.6) is 0 Å². The largest absolute Gasteiger partial charge is 0.377 e. The predicted molar refractivity (Wildman–Crippen MR) is 86.5 cm³/mol. The zero-order chi connectivity index (χ0) is 15.2. The summed E-state index contributed by atoms with van der Waals surface area (Å²) in [7, 11) is 8.25. The van der Waals surface area contributed by atoms with E-state index in [-0.39, 0.29) is 0 Å². The first-order chi connectivity index (χ1) is 10.1. The van der Waals surface area contributed by atoms with Crippen LogP contribution in [0.15, 0.2) is 49.1 Å². The van der Waals surface area contributed by atoms with Crippen molar-refractivity contribution in [2.75, 3.05) is 38.0 Å². The number of anilines is 2. The van der Waals surface area contributed by atoms with E-state index >= 15 is 0 Å². The number of nitrogens with zero attached hydrogens (tertiary/aromatic N) is 4. The molecule has 2 rings (SSSR count). The van der Waals surface area contributed by atoms with Crippen molar-refractivity contribution in [3.63, 3.8) is 0 Å². The van der Waals surface area contributed by atoms with Gasteiger partial charge >= 0.3 is 0 Å². The van der Waals surface area contributed by atoms with Crippen LogP contribution >= 0.6 is 0 Å². The van der Waals surface area contributed by atoms with Gasteiger partial charge in [-0.2, -0.15) is 0 Å². The zero-order valence-corrected chi connectivity index (χ0v) is 13.5. The molecule has 0 unspecified atom stereocenters. The van der Waals surface area contributed by atoms with E-state index < -0.39 is 0 Å². The average molecular weight is 286 g/mol. The Bertz CT molecular complexity index is 493. The van der Waals surface area contributed by atoms with Crippen LogP contribution in [0, 0.1) is 0 Å². The van der Waals surface area contributed by atoms with Crippen molar-refractivity contribution in [2.45, 2.75) is 19.5 Å². The van der Waals surface area contributed by atoms with Gasteiger partial charge in [0.2, 0.25) is 0 Å². The summed E-state index contributed by atoms with van der Waals surface area (Å²) in [5.41, 5.74) is 2.47. The molecule has 0 spiro atoms. The summed E-state index contributed by atoms with van der Waals surface area (Å²) in [5, 5.41) is 0. The van der Waals surface area contributed by atoms with Crippen LogP contribution in [0.25, 0.3) is 0 Å². The highest BCUT2D eigenvalue weighted by Gasteiger charge is 2.06. The monoisotopic (exact) mass is 286 g/mol. The first-order valence-electron chi connectivity index (χ1n) is 7.39. The molecule has 112 valence electrons. The fourth-order valence-corrected chi connectivity index (χ4v) is 2.23. The molecule has 0 aliphatic carbocycles. The Labute approximate surface area is 127 Å². The van der Waals surface area contributed by atoms with Crippen LogP contribution < -0.4 is 18.9 Å². The molecule has 0 N–H and O–H groups in total. The molecule has 0 amide bonds. The van der Waals surface area contributed by atoms with Crippen LogP contribution in [0.1, 0.15) is 6.42 Å². The molecule has 0 bridgehead atoms. The molecular weight excluding hydrogens is 260 g/mol. The van der Waals surface area contributed by atoms with E-state index in [0.29, 0.717) is 0 Å². The van der Waals surface area contributed by atoms with Gasteiger partial charge in [-0.05, 0) is 0 Å². The number of rotatable bonds is 6. The Morgan fingerprint density at radius 2 is 1.00 bits per heavy atom. The van der Waals surface area contributed by atoms with Crippen molar-refractivity contribution in [1.29, 1.82) is 0 Å². The van der Waals surface area contributed by atoms with Crippen LogP contribution in [0.2, 0.25) is 0 Å². The average Bonchev–Trinajstić information content (AvgIpc) is 2.48. The van der Waals surface area contributed by atoms with Crippen LogP contribution in [0.4, 0.5) is 11.4 Å². The molecule has 0 aliphatic heterocycles. The van der Waals surface area contributed by atoms with Crippen molar-refractivity contribution >= 4 is 11.4 Å². The molecule has 2 aromatic rings. The molecule has 0 fully saturated rings. The number of hydrogen-bond donors (Lipinski definition) is 0. The summed E-state index contributed by atoms with van der Waals surface area (Å²) < 4.78 is 4.48. The van der Waals surface area contributed by atoms with Gasteiger partial charge in [0, 0.05) is 63.8 Å². The van der Waals surface area contributed by atoms with Gasteiger partial charge in [0.15, 0.2) is 37.9 Å². The normalized spacial score (nSPS) is 10.5. The van der Waals surface area contributed by atoms with Gasteiger partial charge in [0.25, 0.3) is 0 Å². The molecule has 21 heavy (non-hydrogen) atoms. The third-order valence-electron chi connectivity index (χ3n) is 3.61. The van der Waals surface area contributed by atoms with Crippen molar-refractivity contribution in [3.05, 3.63) is 49.1 Å². The fraction of sp³-hybridized carbons (Fsp3) is 0.412. The van der Waals surface area contributed by atoms with E-state index in [1.165, 1.54) is 11.4 Å². The van der Waals surface area contributed by atoms with Crippen LogP contribution in [-0.2, 0) is 13.1 Å². The topological polar surface area (TPSA) is 14.2 Å². The summed E-state index contributed by atoms with van der Waals surface area (Å²) in [6.45, 7) is 2.08. The lowest BCUT2D eigenvalue weighted by Crippen LogP contribution is -2.38. The number of aromatic nitrogens is 2. The Balaban J connectivity index is 1.83. The highest BCUT2D eigenvalue weighted by Crippen LogP contribution is 2.06. The van der Waals surface area contributed by atoms with Gasteiger partial charge in [-0.1, -0.05) is 0 Å². The fourth-order valence-electron chi connectivity index (χ4n) is 2.23. The Morgan fingerprint density at radius 1 is 0.667 bits per heavy atom. The Morgan fingerprint density at radius 3 is 1.29 bits per heavy atom. The molecule has 0 saturated heterocycles. The van der Waals surface area contributed by atoms with Gasteiger partial charge in [0.05, 0.1) is 6.42 Å².